The lowest BCUT2D eigenvalue weighted by Crippen LogP contribution is -2.42. The van der Waals surface area contributed by atoms with Crippen LogP contribution in [0, 0.1) is 5.82 Å². The third kappa shape index (κ3) is 9.56. The van der Waals surface area contributed by atoms with Crippen LogP contribution in [0.4, 0.5) is 4.39 Å². The molecular weight excluding hydrogens is 516 g/mol. The van der Waals surface area contributed by atoms with Crippen molar-refractivity contribution in [3.63, 3.8) is 0 Å². The molecule has 10 heteroatoms. The number of nitrogens with zero attached hydrogens (tertiary/aromatic N) is 3. The molecule has 8 nitrogen and oxygen atoms in total. The van der Waals surface area contributed by atoms with Crippen LogP contribution in [0.2, 0.25) is 0 Å². The number of hydrogen-bond donors (Lipinski definition) is 2. The Kier molecular flexibility index (Phi) is 12.7. The highest BCUT2D eigenvalue weighted by Gasteiger charge is 2.13. The highest BCUT2D eigenvalue weighted by Crippen LogP contribution is 2.21. The predicted octanol–water partition coefficient (Wildman–Crippen LogP) is 1.86. The number of carbonyl (C=O) groups is 1. The maximum absolute atomic E-state index is 14.1. The first kappa shape index (κ1) is 27.4. The van der Waals surface area contributed by atoms with E-state index >= 15 is 0 Å². The smallest absolute Gasteiger partial charge is 0.243 e. The molecule has 1 saturated heterocycles. The van der Waals surface area contributed by atoms with Crippen molar-refractivity contribution in [3.05, 3.63) is 29.6 Å². The van der Waals surface area contributed by atoms with Crippen molar-refractivity contribution in [3.8, 4) is 5.75 Å². The van der Waals surface area contributed by atoms with Crippen molar-refractivity contribution in [1.29, 1.82) is 0 Å². The third-order valence-electron chi connectivity index (χ3n) is 4.95. The van der Waals surface area contributed by atoms with E-state index in [1.807, 2.05) is 6.92 Å². The van der Waals surface area contributed by atoms with E-state index in [1.165, 1.54) is 18.1 Å². The van der Waals surface area contributed by atoms with Gasteiger partial charge in [-0.05, 0) is 37.6 Å². The van der Waals surface area contributed by atoms with Gasteiger partial charge in [0, 0.05) is 33.7 Å². The second-order valence-electron chi connectivity index (χ2n) is 7.45. The highest BCUT2D eigenvalue weighted by molar-refractivity contribution is 14.0. The van der Waals surface area contributed by atoms with Crippen LogP contribution in [0.3, 0.4) is 0 Å². The van der Waals surface area contributed by atoms with Crippen molar-refractivity contribution < 1.29 is 18.7 Å². The Hall–Kier alpha value is -1.66. The molecule has 1 fully saturated rings. The van der Waals surface area contributed by atoms with Gasteiger partial charge in [-0.2, -0.15) is 0 Å². The lowest BCUT2D eigenvalue weighted by molar-refractivity contribution is -0.127. The van der Waals surface area contributed by atoms with Gasteiger partial charge in [0.15, 0.2) is 17.5 Å². The number of nitrogens with one attached hydrogen (secondary N) is 2. The zero-order valence-electron chi connectivity index (χ0n) is 18.8. The summed E-state index contributed by atoms with van der Waals surface area (Å²) in [5.74, 6) is 0.226. The maximum Gasteiger partial charge on any atom is 0.243 e. The van der Waals surface area contributed by atoms with E-state index < -0.39 is 5.82 Å². The fourth-order valence-electron chi connectivity index (χ4n) is 3.02. The highest BCUT2D eigenvalue weighted by atomic mass is 127. The quantitative estimate of drug-likeness (QED) is 0.211. The molecule has 2 N–H and O–H groups in total. The molecule has 31 heavy (non-hydrogen) atoms. The Balaban J connectivity index is 0.00000480. The van der Waals surface area contributed by atoms with Gasteiger partial charge in [-0.15, -0.1) is 24.0 Å². The molecular formula is C21H35FIN5O3. The second kappa shape index (κ2) is 14.4. The molecule has 1 heterocycles. The number of rotatable bonds is 9. The van der Waals surface area contributed by atoms with Crippen molar-refractivity contribution in [1.82, 2.24) is 20.4 Å². The Morgan fingerprint density at radius 1 is 1.35 bits per heavy atom. The molecule has 1 aliphatic heterocycles. The predicted molar refractivity (Wildman–Crippen MR) is 131 cm³/mol. The lowest BCUT2D eigenvalue weighted by Gasteiger charge is -2.26. The Morgan fingerprint density at radius 3 is 2.68 bits per heavy atom. The van der Waals surface area contributed by atoms with E-state index in [4.69, 9.17) is 9.47 Å². The van der Waals surface area contributed by atoms with Crippen LogP contribution in [0.15, 0.2) is 23.2 Å². The van der Waals surface area contributed by atoms with Crippen molar-refractivity contribution in [2.24, 2.45) is 4.99 Å². The van der Waals surface area contributed by atoms with E-state index in [-0.39, 0.29) is 48.2 Å². The van der Waals surface area contributed by atoms with Gasteiger partial charge in [0.2, 0.25) is 5.91 Å². The van der Waals surface area contributed by atoms with Crippen LogP contribution in [-0.2, 0) is 9.53 Å². The number of benzene rings is 1. The molecule has 1 atom stereocenters. The molecule has 0 bridgehead atoms. The SMILES string of the molecule is COc1ccc(C(C)NC(=NCC(=O)N(C)C)NCCCN2CCOCC2)cc1F.I. The van der Waals surface area contributed by atoms with E-state index in [9.17, 15) is 9.18 Å². The monoisotopic (exact) mass is 551 g/mol. The first-order valence-corrected chi connectivity index (χ1v) is 10.3. The Morgan fingerprint density at radius 2 is 2.06 bits per heavy atom. The average Bonchev–Trinajstić information content (AvgIpc) is 2.74. The molecule has 1 aromatic rings. The number of morpholine rings is 1. The molecule has 1 aliphatic rings. The van der Waals surface area contributed by atoms with Gasteiger partial charge in [-0.25, -0.2) is 9.38 Å². The fraction of sp³-hybridized carbons (Fsp3) is 0.619. The van der Waals surface area contributed by atoms with Crippen LogP contribution in [0.5, 0.6) is 5.75 Å². The summed E-state index contributed by atoms with van der Waals surface area (Å²) in [6, 6.07) is 4.65. The molecule has 2 rings (SSSR count). The number of amides is 1. The van der Waals surface area contributed by atoms with Gasteiger partial charge in [-0.3, -0.25) is 9.69 Å². The molecule has 0 radical (unpaired) electrons. The zero-order valence-corrected chi connectivity index (χ0v) is 21.1. The maximum atomic E-state index is 14.1. The number of guanidine groups is 1. The van der Waals surface area contributed by atoms with Gasteiger partial charge >= 0.3 is 0 Å². The molecule has 0 spiro atoms. The van der Waals surface area contributed by atoms with Crippen LogP contribution in [0.25, 0.3) is 0 Å². The fourth-order valence-corrected chi connectivity index (χ4v) is 3.02. The zero-order chi connectivity index (χ0) is 21.9. The van der Waals surface area contributed by atoms with E-state index in [2.05, 4.69) is 20.5 Å². The van der Waals surface area contributed by atoms with Gasteiger partial charge in [0.25, 0.3) is 0 Å². The van der Waals surface area contributed by atoms with Gasteiger partial charge in [-0.1, -0.05) is 6.07 Å². The van der Waals surface area contributed by atoms with Crippen molar-refractivity contribution >= 4 is 35.8 Å². The largest absolute Gasteiger partial charge is 0.494 e. The summed E-state index contributed by atoms with van der Waals surface area (Å²) in [7, 11) is 4.83. The summed E-state index contributed by atoms with van der Waals surface area (Å²) in [6.07, 6.45) is 0.938. The van der Waals surface area contributed by atoms with E-state index in [1.54, 1.807) is 26.2 Å². The van der Waals surface area contributed by atoms with E-state index in [0.717, 1.165) is 44.8 Å². The number of aliphatic imine (C=N–C) groups is 1. The molecule has 1 amide bonds. The second-order valence-corrected chi connectivity index (χ2v) is 7.45. The molecule has 0 aromatic heterocycles. The number of hydrogen-bond acceptors (Lipinski definition) is 5. The number of carbonyl (C=O) groups excluding carboxylic acids is 1. The van der Waals surface area contributed by atoms with Crippen molar-refractivity contribution in [2.75, 3.05) is 67.1 Å². The minimum absolute atomic E-state index is 0. The summed E-state index contributed by atoms with van der Waals surface area (Å²) in [5.41, 5.74) is 0.759. The van der Waals surface area contributed by atoms with Gasteiger partial charge in [0.05, 0.1) is 26.4 Å². The van der Waals surface area contributed by atoms with Crippen LogP contribution in [0.1, 0.15) is 24.9 Å². The topological polar surface area (TPSA) is 78.4 Å². The first-order valence-electron chi connectivity index (χ1n) is 10.3. The Bertz CT molecular complexity index is 714. The van der Waals surface area contributed by atoms with Gasteiger partial charge < -0.3 is 25.0 Å². The van der Waals surface area contributed by atoms with Crippen molar-refractivity contribution in [2.45, 2.75) is 19.4 Å². The normalized spacial score (nSPS) is 15.6. The molecule has 176 valence electrons. The lowest BCUT2D eigenvalue weighted by atomic mass is 10.1. The average molecular weight is 551 g/mol. The number of likely N-dealkylation sites (N-methyl/N-ethyl adjacent to an activating group) is 1. The summed E-state index contributed by atoms with van der Waals surface area (Å²) in [5, 5.41) is 6.54. The summed E-state index contributed by atoms with van der Waals surface area (Å²) < 4.78 is 24.4. The molecule has 0 aliphatic carbocycles. The van der Waals surface area contributed by atoms with Gasteiger partial charge in [0.1, 0.15) is 6.54 Å². The molecule has 0 saturated carbocycles. The first-order chi connectivity index (χ1) is 14.4. The summed E-state index contributed by atoms with van der Waals surface area (Å²) in [4.78, 5) is 20.2. The summed E-state index contributed by atoms with van der Waals surface area (Å²) in [6.45, 7) is 7.11. The standard InChI is InChI=1S/C21H34FN5O3.HI/c1-16(17-6-7-19(29-4)18(22)14-17)25-21(24-15-20(28)26(2)3)23-8-5-9-27-10-12-30-13-11-27;/h6-7,14,16H,5,8-13,15H2,1-4H3,(H2,23,24,25);1H. The van der Waals surface area contributed by atoms with Crippen LogP contribution < -0.4 is 15.4 Å². The van der Waals surface area contributed by atoms with Crippen LogP contribution >= 0.6 is 24.0 Å². The minimum Gasteiger partial charge on any atom is -0.494 e. The third-order valence-corrected chi connectivity index (χ3v) is 4.95. The molecule has 1 aromatic carbocycles. The Labute approximate surface area is 201 Å². The minimum atomic E-state index is -0.414. The van der Waals surface area contributed by atoms with E-state index in [0.29, 0.717) is 12.5 Å². The number of methoxy groups -OCH3 is 1. The number of ether oxygens (including phenoxy) is 2. The summed E-state index contributed by atoms with van der Waals surface area (Å²) >= 11 is 0. The van der Waals surface area contributed by atoms with Crippen LogP contribution in [-0.4, -0.2) is 88.8 Å². The molecule has 1 unspecified atom stereocenters. The number of halogens is 2.